The second kappa shape index (κ2) is 6.50. The maximum atomic E-state index is 12.6. The summed E-state index contributed by atoms with van der Waals surface area (Å²) in [5, 5.41) is 0. The van der Waals surface area contributed by atoms with Gasteiger partial charge in [0, 0.05) is 16.6 Å². The van der Waals surface area contributed by atoms with E-state index in [9.17, 15) is 4.79 Å². The van der Waals surface area contributed by atoms with Gasteiger partial charge in [-0.3, -0.25) is 4.79 Å². The molecule has 5 nitrogen and oxygen atoms in total. The minimum atomic E-state index is -0.318. The average Bonchev–Trinajstić information content (AvgIpc) is 3.19. The molecule has 7 heteroatoms. The minimum absolute atomic E-state index is 0.175. The average molecular weight is 417 g/mol. The number of rotatable bonds is 3. The van der Waals surface area contributed by atoms with Crippen molar-refractivity contribution in [3.63, 3.8) is 0 Å². The molecule has 25 heavy (non-hydrogen) atoms. The van der Waals surface area contributed by atoms with Crippen LogP contribution in [0.5, 0.6) is 11.5 Å². The normalized spacial score (nSPS) is 13.4. The zero-order chi connectivity index (χ0) is 17.4. The third-order valence-electron chi connectivity index (χ3n) is 3.77. The number of thiazole rings is 1. The second-order valence-corrected chi connectivity index (χ2v) is 7.31. The number of fused-ring (bicyclic) bond motifs is 2. The first-order valence-corrected chi connectivity index (χ1v) is 9.15. The van der Waals surface area contributed by atoms with E-state index in [1.54, 1.807) is 24.3 Å². The first-order valence-electron chi connectivity index (χ1n) is 7.54. The van der Waals surface area contributed by atoms with Crippen LogP contribution in [0.2, 0.25) is 0 Å². The van der Waals surface area contributed by atoms with Crippen LogP contribution in [0, 0.1) is 0 Å². The third kappa shape index (κ3) is 3.01. The largest absolute Gasteiger partial charge is 0.454 e. The van der Waals surface area contributed by atoms with Crippen molar-refractivity contribution in [2.45, 2.75) is 6.54 Å². The Morgan fingerprint density at radius 2 is 2.12 bits per heavy atom. The molecule has 0 atom stereocenters. The standard InChI is InChI=1S/C18H13BrN2O3S/c1-2-7-21-13-5-4-12(19)9-16(13)25-18(21)20-17(22)11-3-6-14-15(8-11)24-10-23-14/h2-6,8-9H,1,7,10H2. The molecule has 126 valence electrons. The van der Waals surface area contributed by atoms with Gasteiger partial charge in [0.1, 0.15) is 0 Å². The highest BCUT2D eigenvalue weighted by Crippen LogP contribution is 2.32. The van der Waals surface area contributed by atoms with E-state index in [2.05, 4.69) is 27.5 Å². The summed E-state index contributed by atoms with van der Waals surface area (Å²) in [6, 6.07) is 11.1. The Labute approximate surface area is 156 Å². The number of amides is 1. The molecule has 0 N–H and O–H groups in total. The second-order valence-electron chi connectivity index (χ2n) is 5.38. The van der Waals surface area contributed by atoms with Crippen LogP contribution in [0.15, 0.2) is 58.5 Å². The lowest BCUT2D eigenvalue weighted by Gasteiger charge is -2.01. The van der Waals surface area contributed by atoms with Gasteiger partial charge in [0.2, 0.25) is 6.79 Å². The Morgan fingerprint density at radius 3 is 2.96 bits per heavy atom. The number of carbonyl (C=O) groups is 1. The molecule has 4 rings (SSSR count). The molecular weight excluding hydrogens is 404 g/mol. The minimum Gasteiger partial charge on any atom is -0.454 e. The predicted molar refractivity (Wildman–Crippen MR) is 100 cm³/mol. The lowest BCUT2D eigenvalue weighted by Crippen LogP contribution is -2.16. The smallest absolute Gasteiger partial charge is 0.279 e. The van der Waals surface area contributed by atoms with Gasteiger partial charge in [-0.1, -0.05) is 33.3 Å². The van der Waals surface area contributed by atoms with E-state index >= 15 is 0 Å². The van der Waals surface area contributed by atoms with E-state index in [0.717, 1.165) is 14.7 Å². The zero-order valence-electron chi connectivity index (χ0n) is 13.1. The van der Waals surface area contributed by atoms with Gasteiger partial charge in [0.25, 0.3) is 5.91 Å². The summed E-state index contributed by atoms with van der Waals surface area (Å²) in [6.07, 6.45) is 1.79. The Bertz CT molecular complexity index is 1070. The summed E-state index contributed by atoms with van der Waals surface area (Å²) in [5.41, 5.74) is 1.48. The molecule has 0 bridgehead atoms. The molecule has 1 aliphatic rings. The van der Waals surface area contributed by atoms with Crippen LogP contribution in [-0.4, -0.2) is 17.3 Å². The Kier molecular flexibility index (Phi) is 4.19. The number of benzene rings is 2. The van der Waals surface area contributed by atoms with Crippen molar-refractivity contribution in [3.05, 3.63) is 63.9 Å². The van der Waals surface area contributed by atoms with E-state index in [-0.39, 0.29) is 12.7 Å². The van der Waals surface area contributed by atoms with Crippen molar-refractivity contribution >= 4 is 43.4 Å². The fraction of sp³-hybridized carbons (Fsp3) is 0.111. The van der Waals surface area contributed by atoms with E-state index < -0.39 is 0 Å². The summed E-state index contributed by atoms with van der Waals surface area (Å²) in [5.74, 6) is 0.895. The fourth-order valence-electron chi connectivity index (χ4n) is 2.62. The van der Waals surface area contributed by atoms with Crippen LogP contribution >= 0.6 is 27.3 Å². The third-order valence-corrected chi connectivity index (χ3v) is 5.31. The van der Waals surface area contributed by atoms with Gasteiger partial charge in [-0.05, 0) is 36.4 Å². The van der Waals surface area contributed by atoms with Crippen LogP contribution in [0.1, 0.15) is 10.4 Å². The number of nitrogens with zero attached hydrogens (tertiary/aromatic N) is 2. The van der Waals surface area contributed by atoms with E-state index in [1.807, 2.05) is 22.8 Å². The fourth-order valence-corrected chi connectivity index (χ4v) is 4.21. The molecule has 0 radical (unpaired) electrons. The number of hydrogen-bond donors (Lipinski definition) is 0. The van der Waals surface area contributed by atoms with Gasteiger partial charge < -0.3 is 14.0 Å². The lowest BCUT2D eigenvalue weighted by atomic mass is 10.2. The monoisotopic (exact) mass is 416 g/mol. The molecule has 0 saturated heterocycles. The number of aromatic nitrogens is 1. The molecule has 1 aromatic heterocycles. The molecule has 0 unspecified atom stereocenters. The maximum Gasteiger partial charge on any atom is 0.279 e. The lowest BCUT2D eigenvalue weighted by molar-refractivity contribution is 0.0997. The van der Waals surface area contributed by atoms with Gasteiger partial charge in [-0.2, -0.15) is 4.99 Å². The van der Waals surface area contributed by atoms with Gasteiger partial charge in [0.05, 0.1) is 10.2 Å². The molecule has 1 aliphatic heterocycles. The highest BCUT2D eigenvalue weighted by Gasteiger charge is 2.16. The SMILES string of the molecule is C=CCn1c(=NC(=O)c2ccc3c(c2)OCO3)sc2cc(Br)ccc21. The molecule has 0 aliphatic carbocycles. The Hall–Kier alpha value is -2.38. The summed E-state index contributed by atoms with van der Waals surface area (Å²) >= 11 is 4.94. The molecule has 1 amide bonds. The molecular formula is C18H13BrN2O3S. The van der Waals surface area contributed by atoms with E-state index in [1.165, 1.54) is 11.3 Å². The van der Waals surface area contributed by atoms with Crippen molar-refractivity contribution in [1.82, 2.24) is 4.57 Å². The summed E-state index contributed by atoms with van der Waals surface area (Å²) in [4.78, 5) is 17.6. The van der Waals surface area contributed by atoms with Crippen LogP contribution < -0.4 is 14.3 Å². The van der Waals surface area contributed by atoms with Gasteiger partial charge in [0.15, 0.2) is 16.3 Å². The number of ether oxygens (including phenoxy) is 2. The highest BCUT2D eigenvalue weighted by atomic mass is 79.9. The molecule has 2 aromatic carbocycles. The van der Waals surface area contributed by atoms with Gasteiger partial charge in [-0.25, -0.2) is 0 Å². The van der Waals surface area contributed by atoms with Crippen molar-refractivity contribution in [3.8, 4) is 11.5 Å². The van der Waals surface area contributed by atoms with Crippen molar-refractivity contribution in [2.24, 2.45) is 4.99 Å². The van der Waals surface area contributed by atoms with E-state index in [0.29, 0.717) is 28.4 Å². The van der Waals surface area contributed by atoms with Crippen LogP contribution in [0.3, 0.4) is 0 Å². The zero-order valence-corrected chi connectivity index (χ0v) is 15.5. The molecule has 0 saturated carbocycles. The quantitative estimate of drug-likeness (QED) is 0.603. The molecule has 3 aromatic rings. The van der Waals surface area contributed by atoms with Crippen LogP contribution in [-0.2, 0) is 6.54 Å². The van der Waals surface area contributed by atoms with Crippen molar-refractivity contribution in [2.75, 3.05) is 6.79 Å². The number of carbonyl (C=O) groups excluding carboxylic acids is 1. The maximum absolute atomic E-state index is 12.6. The van der Waals surface area contributed by atoms with Gasteiger partial charge >= 0.3 is 0 Å². The van der Waals surface area contributed by atoms with E-state index in [4.69, 9.17) is 9.47 Å². The molecule has 2 heterocycles. The number of halogens is 1. The van der Waals surface area contributed by atoms with Crippen molar-refractivity contribution < 1.29 is 14.3 Å². The Balaban J connectivity index is 1.81. The van der Waals surface area contributed by atoms with Crippen LogP contribution in [0.25, 0.3) is 10.2 Å². The highest BCUT2D eigenvalue weighted by molar-refractivity contribution is 9.10. The first-order chi connectivity index (χ1) is 12.2. The number of hydrogen-bond acceptors (Lipinski definition) is 4. The van der Waals surface area contributed by atoms with Gasteiger partial charge in [-0.15, -0.1) is 6.58 Å². The Morgan fingerprint density at radius 1 is 1.28 bits per heavy atom. The summed E-state index contributed by atoms with van der Waals surface area (Å²) in [6.45, 7) is 4.55. The summed E-state index contributed by atoms with van der Waals surface area (Å²) < 4.78 is 14.6. The number of allylic oxidation sites excluding steroid dienone is 1. The van der Waals surface area contributed by atoms with Crippen LogP contribution in [0.4, 0.5) is 0 Å². The molecule has 0 fully saturated rings. The predicted octanol–water partition coefficient (Wildman–Crippen LogP) is 4.12. The first kappa shape index (κ1) is 16.1. The summed E-state index contributed by atoms with van der Waals surface area (Å²) in [7, 11) is 0. The molecule has 0 spiro atoms. The topological polar surface area (TPSA) is 52.8 Å². The van der Waals surface area contributed by atoms with Crippen molar-refractivity contribution in [1.29, 1.82) is 0 Å².